The monoisotopic (exact) mass is 300 g/mol. The highest BCUT2D eigenvalue weighted by atomic mass is 16.4. The Hall–Kier alpha value is -1.65. The lowest BCUT2D eigenvalue weighted by atomic mass is 10.0. The molecule has 1 fully saturated rings. The summed E-state index contributed by atoms with van der Waals surface area (Å²) in [5.41, 5.74) is 1.04. The van der Waals surface area contributed by atoms with E-state index in [2.05, 4.69) is 23.9 Å². The van der Waals surface area contributed by atoms with Crippen LogP contribution in [0.5, 0.6) is 0 Å². The summed E-state index contributed by atoms with van der Waals surface area (Å²) in [6, 6.07) is 10.1. The fraction of sp³-hybridized carbons (Fsp3) is 0.500. The third kappa shape index (κ3) is 3.23. The Bertz CT molecular complexity index is 596. The molecule has 1 saturated carbocycles. The highest BCUT2D eigenvalue weighted by molar-refractivity contribution is 5.55. The highest BCUT2D eigenvalue weighted by Crippen LogP contribution is 2.29. The van der Waals surface area contributed by atoms with Crippen molar-refractivity contribution in [3.8, 4) is 11.3 Å². The van der Waals surface area contributed by atoms with E-state index in [0.717, 1.165) is 43.0 Å². The molecule has 4 heteroatoms. The summed E-state index contributed by atoms with van der Waals surface area (Å²) in [5.74, 6) is 1.90. The van der Waals surface area contributed by atoms with Gasteiger partial charge in [0.05, 0.1) is 18.3 Å². The zero-order valence-corrected chi connectivity index (χ0v) is 13.3. The smallest absolute Gasteiger partial charge is 0.211 e. The summed E-state index contributed by atoms with van der Waals surface area (Å²) >= 11 is 0. The first-order valence-electron chi connectivity index (χ1n) is 8.04. The van der Waals surface area contributed by atoms with Crippen LogP contribution in [-0.2, 0) is 0 Å². The van der Waals surface area contributed by atoms with Crippen molar-refractivity contribution in [2.45, 2.75) is 38.3 Å². The second-order valence-electron chi connectivity index (χ2n) is 6.30. The van der Waals surface area contributed by atoms with Crippen LogP contribution in [0.25, 0.3) is 11.3 Å². The van der Waals surface area contributed by atoms with Gasteiger partial charge in [-0.1, -0.05) is 36.8 Å². The van der Waals surface area contributed by atoms with Gasteiger partial charge in [0.15, 0.2) is 5.76 Å². The zero-order chi connectivity index (χ0) is 15.5. The van der Waals surface area contributed by atoms with E-state index in [1.54, 1.807) is 6.20 Å². The van der Waals surface area contributed by atoms with E-state index >= 15 is 0 Å². The van der Waals surface area contributed by atoms with E-state index in [1.807, 2.05) is 30.3 Å². The minimum absolute atomic E-state index is 0.102. The fourth-order valence-electron chi connectivity index (χ4n) is 3.16. The predicted molar refractivity (Wildman–Crippen MR) is 86.3 cm³/mol. The number of hydrogen-bond acceptors (Lipinski definition) is 4. The van der Waals surface area contributed by atoms with Crippen molar-refractivity contribution < 1.29 is 9.52 Å². The van der Waals surface area contributed by atoms with Crippen molar-refractivity contribution >= 4 is 0 Å². The number of oxazole rings is 1. The number of rotatable bonds is 5. The molecule has 0 bridgehead atoms. The molecule has 1 heterocycles. The van der Waals surface area contributed by atoms with Crippen LogP contribution >= 0.6 is 0 Å². The molecular weight excluding hydrogens is 276 g/mol. The van der Waals surface area contributed by atoms with E-state index in [1.165, 1.54) is 0 Å². The normalized spacial score (nSPS) is 23.1. The van der Waals surface area contributed by atoms with E-state index in [-0.39, 0.29) is 12.1 Å². The van der Waals surface area contributed by atoms with Crippen molar-refractivity contribution in [1.29, 1.82) is 0 Å². The molecule has 0 radical (unpaired) electrons. The summed E-state index contributed by atoms with van der Waals surface area (Å²) < 4.78 is 5.93. The second-order valence-corrected chi connectivity index (χ2v) is 6.30. The molecule has 2 aromatic rings. The van der Waals surface area contributed by atoms with Crippen LogP contribution in [-0.4, -0.2) is 34.7 Å². The van der Waals surface area contributed by atoms with Gasteiger partial charge in [-0.2, -0.15) is 0 Å². The van der Waals surface area contributed by atoms with Crippen molar-refractivity contribution in [1.82, 2.24) is 9.88 Å². The lowest BCUT2D eigenvalue weighted by molar-refractivity contribution is 0.0945. The van der Waals surface area contributed by atoms with E-state index in [4.69, 9.17) is 4.42 Å². The van der Waals surface area contributed by atoms with E-state index in [9.17, 15) is 5.11 Å². The lowest BCUT2D eigenvalue weighted by Crippen LogP contribution is -2.31. The van der Waals surface area contributed by atoms with Crippen LogP contribution in [0.1, 0.15) is 38.1 Å². The Morgan fingerprint density at radius 1 is 1.32 bits per heavy atom. The van der Waals surface area contributed by atoms with Gasteiger partial charge < -0.3 is 9.52 Å². The number of aliphatic hydroxyl groups excluding tert-OH is 1. The molecule has 0 spiro atoms. The molecular formula is C18H24N2O2. The Morgan fingerprint density at radius 2 is 2.09 bits per heavy atom. The average molecular weight is 300 g/mol. The summed E-state index contributed by atoms with van der Waals surface area (Å²) in [4.78, 5) is 6.66. The molecule has 0 amide bonds. The molecule has 118 valence electrons. The third-order valence-electron chi connectivity index (χ3n) is 4.74. The number of aliphatic hydroxyl groups is 1. The fourth-order valence-corrected chi connectivity index (χ4v) is 3.16. The second kappa shape index (κ2) is 6.63. The molecule has 0 saturated heterocycles. The maximum absolute atomic E-state index is 9.98. The molecule has 3 unspecified atom stereocenters. The number of nitrogens with zero attached hydrogens (tertiary/aromatic N) is 2. The van der Waals surface area contributed by atoms with Crippen molar-refractivity contribution in [2.24, 2.45) is 5.92 Å². The topological polar surface area (TPSA) is 49.5 Å². The summed E-state index contributed by atoms with van der Waals surface area (Å²) in [6.07, 6.45) is 4.81. The molecule has 1 N–H and O–H groups in total. The molecule has 1 aliphatic rings. The molecule has 1 aromatic heterocycles. The Labute approximate surface area is 131 Å². The summed E-state index contributed by atoms with van der Waals surface area (Å²) in [7, 11) is 2.07. The average Bonchev–Trinajstić information content (AvgIpc) is 3.17. The largest absolute Gasteiger partial charge is 0.439 e. The molecule has 3 rings (SSSR count). The van der Waals surface area contributed by atoms with Crippen LogP contribution in [0.15, 0.2) is 40.9 Å². The number of hydrogen-bond donors (Lipinski definition) is 1. The molecule has 0 aliphatic heterocycles. The van der Waals surface area contributed by atoms with Gasteiger partial charge in [0.1, 0.15) is 0 Å². The SMILES string of the molecule is CC(c1ncc(-c2ccccc2)o1)N(C)CC1CCCC1O. The van der Waals surface area contributed by atoms with E-state index in [0.29, 0.717) is 5.92 Å². The standard InChI is InChI=1S/C18H24N2O2/c1-13(20(2)12-15-9-6-10-16(15)21)18-19-11-17(22-18)14-7-4-3-5-8-14/h3-5,7-8,11,13,15-16,21H,6,9-10,12H2,1-2H3. The first-order chi connectivity index (χ1) is 10.6. The zero-order valence-electron chi connectivity index (χ0n) is 13.3. The van der Waals surface area contributed by atoms with Gasteiger partial charge in [-0.3, -0.25) is 4.90 Å². The van der Waals surface area contributed by atoms with Gasteiger partial charge in [-0.05, 0) is 32.7 Å². The summed E-state index contributed by atoms with van der Waals surface area (Å²) in [5, 5.41) is 9.98. The molecule has 3 atom stereocenters. The Kier molecular flexibility index (Phi) is 4.60. The number of benzene rings is 1. The highest BCUT2D eigenvalue weighted by Gasteiger charge is 2.28. The minimum atomic E-state index is -0.154. The van der Waals surface area contributed by atoms with Crippen LogP contribution in [0.3, 0.4) is 0 Å². The Morgan fingerprint density at radius 3 is 2.77 bits per heavy atom. The van der Waals surface area contributed by atoms with Crippen LogP contribution in [0.2, 0.25) is 0 Å². The van der Waals surface area contributed by atoms with Gasteiger partial charge in [-0.25, -0.2) is 4.98 Å². The molecule has 1 aliphatic carbocycles. The van der Waals surface area contributed by atoms with Gasteiger partial charge in [0, 0.05) is 12.1 Å². The van der Waals surface area contributed by atoms with Gasteiger partial charge in [-0.15, -0.1) is 0 Å². The summed E-state index contributed by atoms with van der Waals surface area (Å²) in [6.45, 7) is 2.98. The maximum Gasteiger partial charge on any atom is 0.211 e. The molecule has 22 heavy (non-hydrogen) atoms. The predicted octanol–water partition coefficient (Wildman–Crippen LogP) is 3.50. The first kappa shape index (κ1) is 15.3. The quantitative estimate of drug-likeness (QED) is 0.918. The van der Waals surface area contributed by atoms with Gasteiger partial charge in [0.25, 0.3) is 0 Å². The van der Waals surface area contributed by atoms with Crippen molar-refractivity contribution in [3.05, 3.63) is 42.4 Å². The Balaban J connectivity index is 1.67. The molecule has 1 aromatic carbocycles. The van der Waals surface area contributed by atoms with Crippen molar-refractivity contribution in [3.63, 3.8) is 0 Å². The minimum Gasteiger partial charge on any atom is -0.439 e. The van der Waals surface area contributed by atoms with Crippen LogP contribution in [0.4, 0.5) is 0 Å². The molecule has 4 nitrogen and oxygen atoms in total. The van der Waals surface area contributed by atoms with Crippen LogP contribution in [0, 0.1) is 5.92 Å². The lowest BCUT2D eigenvalue weighted by Gasteiger charge is -2.26. The number of aromatic nitrogens is 1. The van der Waals surface area contributed by atoms with Crippen molar-refractivity contribution in [2.75, 3.05) is 13.6 Å². The van der Waals surface area contributed by atoms with Gasteiger partial charge in [0.2, 0.25) is 5.89 Å². The van der Waals surface area contributed by atoms with E-state index < -0.39 is 0 Å². The maximum atomic E-state index is 9.98. The van der Waals surface area contributed by atoms with Gasteiger partial charge >= 0.3 is 0 Å². The van der Waals surface area contributed by atoms with Crippen LogP contribution < -0.4 is 0 Å². The first-order valence-corrected chi connectivity index (χ1v) is 8.04. The third-order valence-corrected chi connectivity index (χ3v) is 4.74.